The van der Waals surface area contributed by atoms with Crippen LogP contribution in [0, 0.1) is 0 Å². The van der Waals surface area contributed by atoms with Crippen molar-refractivity contribution in [3.63, 3.8) is 0 Å². The van der Waals surface area contributed by atoms with Crippen LogP contribution in [0.1, 0.15) is 13.8 Å². The molecule has 1 rings (SSSR count). The Kier molecular flexibility index (Phi) is 6.55. The number of aliphatic hydroxyl groups excluding tert-OH is 1. The smallest absolute Gasteiger partial charge is 0.241 e. The first kappa shape index (κ1) is 17.0. The number of carbonyl (C=O) groups is 1. The van der Waals surface area contributed by atoms with Crippen LogP contribution in [0.3, 0.4) is 0 Å². The van der Waals surface area contributed by atoms with Crippen molar-refractivity contribution in [1.82, 2.24) is 4.90 Å². The molecule has 1 aromatic carbocycles. The number of carbonyl (C=O) groups excluding carboxylic acids is 1. The van der Waals surface area contributed by atoms with Crippen molar-refractivity contribution in [3.8, 4) is 0 Å². The molecule has 0 saturated heterocycles. The highest BCUT2D eigenvalue weighted by Gasteiger charge is 2.21. The van der Waals surface area contributed by atoms with Crippen LogP contribution in [0.5, 0.6) is 0 Å². The largest absolute Gasteiger partial charge is 0.399 e. The van der Waals surface area contributed by atoms with Gasteiger partial charge in [-0.25, -0.2) is 0 Å². The van der Waals surface area contributed by atoms with Crippen molar-refractivity contribution >= 4 is 40.5 Å². The van der Waals surface area contributed by atoms with Gasteiger partial charge in [-0.05, 0) is 25.6 Å². The highest BCUT2D eigenvalue weighted by molar-refractivity contribution is 6.40. The molecule has 20 heavy (non-hydrogen) atoms. The maximum absolute atomic E-state index is 12.2. The van der Waals surface area contributed by atoms with E-state index in [1.807, 2.05) is 11.8 Å². The summed E-state index contributed by atoms with van der Waals surface area (Å²) in [6.07, 6.45) is 0. The molecule has 0 spiro atoms. The number of rotatable bonds is 6. The van der Waals surface area contributed by atoms with Crippen molar-refractivity contribution < 1.29 is 9.90 Å². The summed E-state index contributed by atoms with van der Waals surface area (Å²) in [5, 5.41) is 12.3. The third kappa shape index (κ3) is 4.24. The zero-order valence-corrected chi connectivity index (χ0v) is 13.0. The molecule has 1 atom stereocenters. The molecule has 0 aromatic heterocycles. The second kappa shape index (κ2) is 7.69. The molecule has 112 valence electrons. The molecular weight excluding hydrogens is 301 g/mol. The summed E-state index contributed by atoms with van der Waals surface area (Å²) in [7, 11) is 0. The molecule has 0 aliphatic rings. The van der Waals surface area contributed by atoms with Crippen LogP contribution in [-0.4, -0.2) is 41.7 Å². The van der Waals surface area contributed by atoms with Gasteiger partial charge in [0.15, 0.2) is 0 Å². The van der Waals surface area contributed by atoms with Crippen molar-refractivity contribution in [1.29, 1.82) is 0 Å². The summed E-state index contributed by atoms with van der Waals surface area (Å²) in [5.74, 6) is -0.242. The zero-order chi connectivity index (χ0) is 15.3. The van der Waals surface area contributed by atoms with E-state index in [9.17, 15) is 4.79 Å². The van der Waals surface area contributed by atoms with E-state index in [-0.39, 0.29) is 12.5 Å². The average Bonchev–Trinajstić information content (AvgIpc) is 2.39. The highest BCUT2D eigenvalue weighted by atomic mass is 35.5. The lowest BCUT2D eigenvalue weighted by atomic mass is 10.2. The number of hydrogen-bond acceptors (Lipinski definition) is 4. The monoisotopic (exact) mass is 319 g/mol. The minimum Gasteiger partial charge on any atom is -0.399 e. The predicted molar refractivity (Wildman–Crippen MR) is 83.3 cm³/mol. The Bertz CT molecular complexity index is 460. The lowest BCUT2D eigenvalue weighted by Gasteiger charge is -2.26. The number of nitrogens with one attached hydrogen (secondary N) is 1. The number of nitrogen functional groups attached to an aromatic ring is 1. The number of aliphatic hydroxyl groups is 1. The first-order valence-corrected chi connectivity index (χ1v) is 7.06. The van der Waals surface area contributed by atoms with Crippen LogP contribution in [0.4, 0.5) is 11.4 Å². The standard InChI is InChI=1S/C13H19Cl2N3O2/c1-3-18(4-5-19)8(2)13(20)17-12-10(14)6-9(16)7-11(12)15/h6-8,19H,3-5,16H2,1-2H3,(H,17,20). The molecule has 0 aliphatic carbocycles. The fourth-order valence-corrected chi connectivity index (χ4v) is 2.46. The first-order valence-electron chi connectivity index (χ1n) is 6.31. The normalized spacial score (nSPS) is 12.5. The Hall–Kier alpha value is -1.01. The van der Waals surface area contributed by atoms with Crippen molar-refractivity contribution in [3.05, 3.63) is 22.2 Å². The Balaban J connectivity index is 2.85. The van der Waals surface area contributed by atoms with Gasteiger partial charge in [0.25, 0.3) is 0 Å². The molecule has 0 fully saturated rings. The minimum absolute atomic E-state index is 0.00512. The maximum Gasteiger partial charge on any atom is 0.241 e. The van der Waals surface area contributed by atoms with Crippen LogP contribution in [0.2, 0.25) is 10.0 Å². The van der Waals surface area contributed by atoms with Crippen LogP contribution < -0.4 is 11.1 Å². The van der Waals surface area contributed by atoms with E-state index in [0.717, 1.165) is 0 Å². The minimum atomic E-state index is -0.406. The second-order valence-corrected chi connectivity index (χ2v) is 5.19. The number of likely N-dealkylation sites (N-methyl/N-ethyl adjacent to an activating group) is 1. The van der Waals surface area contributed by atoms with E-state index in [1.54, 1.807) is 6.92 Å². The van der Waals surface area contributed by atoms with E-state index >= 15 is 0 Å². The fraction of sp³-hybridized carbons (Fsp3) is 0.462. The molecule has 0 heterocycles. The summed E-state index contributed by atoms with van der Waals surface area (Å²) >= 11 is 12.1. The number of halogens is 2. The van der Waals surface area contributed by atoms with Crippen molar-refractivity contribution in [2.24, 2.45) is 0 Å². The molecule has 1 unspecified atom stereocenters. The van der Waals surface area contributed by atoms with E-state index in [1.165, 1.54) is 12.1 Å². The van der Waals surface area contributed by atoms with Gasteiger partial charge in [0.1, 0.15) is 0 Å². The van der Waals surface area contributed by atoms with Gasteiger partial charge in [0.05, 0.1) is 28.4 Å². The van der Waals surface area contributed by atoms with Gasteiger partial charge in [-0.15, -0.1) is 0 Å². The third-order valence-electron chi connectivity index (χ3n) is 3.03. The molecule has 0 saturated carbocycles. The van der Waals surface area contributed by atoms with Gasteiger partial charge >= 0.3 is 0 Å². The summed E-state index contributed by atoms with van der Waals surface area (Å²) in [5.41, 5.74) is 6.39. The summed E-state index contributed by atoms with van der Waals surface area (Å²) < 4.78 is 0. The number of anilines is 2. The average molecular weight is 320 g/mol. The molecule has 0 radical (unpaired) electrons. The lowest BCUT2D eigenvalue weighted by Crippen LogP contribution is -2.43. The summed E-state index contributed by atoms with van der Waals surface area (Å²) in [6.45, 7) is 4.75. The van der Waals surface area contributed by atoms with Gasteiger partial charge < -0.3 is 16.2 Å². The quantitative estimate of drug-likeness (QED) is 0.702. The molecular formula is C13H19Cl2N3O2. The lowest BCUT2D eigenvalue weighted by molar-refractivity contribution is -0.120. The van der Waals surface area contributed by atoms with Crippen LogP contribution >= 0.6 is 23.2 Å². The molecule has 0 aliphatic heterocycles. The highest BCUT2D eigenvalue weighted by Crippen LogP contribution is 2.32. The van der Waals surface area contributed by atoms with Crippen molar-refractivity contribution in [2.45, 2.75) is 19.9 Å². The molecule has 1 amide bonds. The zero-order valence-electron chi connectivity index (χ0n) is 11.5. The fourth-order valence-electron chi connectivity index (χ4n) is 1.86. The topological polar surface area (TPSA) is 78.6 Å². The predicted octanol–water partition coefficient (Wildman–Crippen LogP) is 2.22. The first-order chi connectivity index (χ1) is 9.40. The second-order valence-electron chi connectivity index (χ2n) is 4.38. The molecule has 1 aromatic rings. The van der Waals surface area contributed by atoms with Crippen LogP contribution in [-0.2, 0) is 4.79 Å². The number of benzene rings is 1. The third-order valence-corrected chi connectivity index (χ3v) is 3.63. The summed E-state index contributed by atoms with van der Waals surface area (Å²) in [4.78, 5) is 14.0. The number of nitrogens with zero attached hydrogens (tertiary/aromatic N) is 1. The number of hydrogen-bond donors (Lipinski definition) is 3. The van der Waals surface area contributed by atoms with Crippen LogP contribution in [0.25, 0.3) is 0 Å². The van der Waals surface area contributed by atoms with E-state index in [0.29, 0.717) is 34.5 Å². The van der Waals surface area contributed by atoms with E-state index in [2.05, 4.69) is 5.32 Å². The van der Waals surface area contributed by atoms with Gasteiger partial charge in [0.2, 0.25) is 5.91 Å². The molecule has 4 N–H and O–H groups in total. The van der Waals surface area contributed by atoms with Gasteiger partial charge in [-0.2, -0.15) is 0 Å². The molecule has 0 bridgehead atoms. The Morgan fingerprint density at radius 3 is 2.45 bits per heavy atom. The molecule has 5 nitrogen and oxygen atoms in total. The van der Waals surface area contributed by atoms with Gasteiger partial charge in [-0.1, -0.05) is 30.1 Å². The van der Waals surface area contributed by atoms with Gasteiger partial charge in [-0.3, -0.25) is 9.69 Å². The SMILES string of the molecule is CCN(CCO)C(C)C(=O)Nc1c(Cl)cc(N)cc1Cl. The van der Waals surface area contributed by atoms with Gasteiger partial charge in [0, 0.05) is 12.2 Å². The molecule has 7 heteroatoms. The van der Waals surface area contributed by atoms with Crippen LogP contribution in [0.15, 0.2) is 12.1 Å². The Morgan fingerprint density at radius 2 is 2.00 bits per heavy atom. The maximum atomic E-state index is 12.2. The Morgan fingerprint density at radius 1 is 1.45 bits per heavy atom. The number of nitrogens with two attached hydrogens (primary N) is 1. The summed E-state index contributed by atoms with van der Waals surface area (Å²) in [6, 6.07) is 2.65. The van der Waals surface area contributed by atoms with Crippen molar-refractivity contribution in [2.75, 3.05) is 30.7 Å². The Labute approximate surface area is 128 Å². The van der Waals surface area contributed by atoms with E-state index in [4.69, 9.17) is 34.0 Å². The number of amides is 1. The van der Waals surface area contributed by atoms with E-state index < -0.39 is 6.04 Å².